The van der Waals surface area contributed by atoms with E-state index in [0.717, 1.165) is 6.54 Å². The summed E-state index contributed by atoms with van der Waals surface area (Å²) < 4.78 is 0. The summed E-state index contributed by atoms with van der Waals surface area (Å²) in [5, 5.41) is 3.32. The second-order valence-electron chi connectivity index (χ2n) is 5.42. The smallest absolute Gasteiger partial charge is 0.236 e. The maximum absolute atomic E-state index is 12.1. The first kappa shape index (κ1) is 14.1. The van der Waals surface area contributed by atoms with E-state index < -0.39 is 0 Å². The lowest BCUT2D eigenvalue weighted by atomic mass is 10.1. The van der Waals surface area contributed by atoms with Crippen LogP contribution in [0.4, 0.5) is 0 Å². The van der Waals surface area contributed by atoms with Crippen molar-refractivity contribution >= 4 is 5.91 Å². The van der Waals surface area contributed by atoms with Gasteiger partial charge in [0.1, 0.15) is 0 Å². The zero-order valence-corrected chi connectivity index (χ0v) is 12.1. The highest BCUT2D eigenvalue weighted by atomic mass is 16.2. The number of aryl methyl sites for hydroxylation is 1. The first-order chi connectivity index (χ1) is 9.11. The zero-order chi connectivity index (χ0) is 13.8. The van der Waals surface area contributed by atoms with Gasteiger partial charge in [-0.1, -0.05) is 29.8 Å². The van der Waals surface area contributed by atoms with Crippen molar-refractivity contribution in [2.24, 2.45) is 0 Å². The molecule has 0 radical (unpaired) electrons. The lowest BCUT2D eigenvalue weighted by molar-refractivity contribution is -0.130. The molecule has 3 nitrogen and oxygen atoms in total. The molecule has 0 bridgehead atoms. The number of amides is 1. The van der Waals surface area contributed by atoms with Crippen molar-refractivity contribution in [1.29, 1.82) is 0 Å². The number of benzene rings is 1. The summed E-state index contributed by atoms with van der Waals surface area (Å²) in [6.07, 6.45) is 2.35. The molecule has 0 aromatic heterocycles. The van der Waals surface area contributed by atoms with E-state index in [-0.39, 0.29) is 11.9 Å². The summed E-state index contributed by atoms with van der Waals surface area (Å²) in [4.78, 5) is 14.1. The van der Waals surface area contributed by atoms with Crippen LogP contribution >= 0.6 is 0 Å². The molecule has 1 saturated carbocycles. The van der Waals surface area contributed by atoms with Crippen LogP contribution in [0.25, 0.3) is 0 Å². The number of carbonyl (C=O) groups is 1. The molecule has 0 spiro atoms. The Kier molecular flexibility index (Phi) is 4.59. The van der Waals surface area contributed by atoms with Gasteiger partial charge in [-0.15, -0.1) is 0 Å². The molecule has 1 aromatic rings. The van der Waals surface area contributed by atoms with Crippen LogP contribution in [-0.2, 0) is 4.79 Å². The summed E-state index contributed by atoms with van der Waals surface area (Å²) in [6.45, 7) is 7.49. The van der Waals surface area contributed by atoms with Gasteiger partial charge in [-0.05, 0) is 39.2 Å². The molecule has 0 aliphatic heterocycles. The summed E-state index contributed by atoms with van der Waals surface area (Å²) >= 11 is 0. The van der Waals surface area contributed by atoms with E-state index in [1.54, 1.807) is 0 Å². The lowest BCUT2D eigenvalue weighted by Crippen LogP contribution is -2.40. The second kappa shape index (κ2) is 6.20. The monoisotopic (exact) mass is 260 g/mol. The largest absolute Gasteiger partial charge is 0.339 e. The Morgan fingerprint density at radius 1 is 1.37 bits per heavy atom. The number of rotatable bonds is 6. The van der Waals surface area contributed by atoms with Crippen LogP contribution < -0.4 is 5.32 Å². The molecule has 1 N–H and O–H groups in total. The van der Waals surface area contributed by atoms with Crippen LogP contribution in [0.15, 0.2) is 24.3 Å². The van der Waals surface area contributed by atoms with E-state index in [1.807, 2.05) is 4.90 Å². The Labute approximate surface area is 116 Å². The number of carbonyl (C=O) groups excluding carboxylic acids is 1. The third-order valence-electron chi connectivity index (χ3n) is 3.79. The van der Waals surface area contributed by atoms with Gasteiger partial charge in [-0.3, -0.25) is 4.79 Å². The van der Waals surface area contributed by atoms with E-state index in [4.69, 9.17) is 0 Å². The van der Waals surface area contributed by atoms with Crippen molar-refractivity contribution in [1.82, 2.24) is 10.2 Å². The van der Waals surface area contributed by atoms with Crippen LogP contribution in [-0.4, -0.2) is 29.9 Å². The van der Waals surface area contributed by atoms with E-state index >= 15 is 0 Å². The topological polar surface area (TPSA) is 32.3 Å². The molecule has 1 amide bonds. The molecule has 1 atom stereocenters. The van der Waals surface area contributed by atoms with Gasteiger partial charge in [0.15, 0.2) is 0 Å². The molecule has 1 aromatic carbocycles. The fraction of sp³-hybridized carbons (Fsp3) is 0.562. The fourth-order valence-corrected chi connectivity index (χ4v) is 2.34. The molecule has 104 valence electrons. The molecular formula is C16H24N2O. The lowest BCUT2D eigenvalue weighted by Gasteiger charge is -2.22. The highest BCUT2D eigenvalue weighted by Crippen LogP contribution is 2.26. The summed E-state index contributed by atoms with van der Waals surface area (Å²) in [7, 11) is 0. The predicted molar refractivity (Wildman–Crippen MR) is 78.0 cm³/mol. The van der Waals surface area contributed by atoms with Gasteiger partial charge in [-0.2, -0.15) is 0 Å². The van der Waals surface area contributed by atoms with Crippen molar-refractivity contribution in [2.75, 3.05) is 13.1 Å². The van der Waals surface area contributed by atoms with E-state index in [9.17, 15) is 4.79 Å². The third-order valence-corrected chi connectivity index (χ3v) is 3.79. The van der Waals surface area contributed by atoms with Gasteiger partial charge in [0, 0.05) is 18.6 Å². The molecule has 1 aliphatic rings. The number of hydrogen-bond donors (Lipinski definition) is 1. The Balaban J connectivity index is 1.84. The normalized spacial score (nSPS) is 16.2. The summed E-state index contributed by atoms with van der Waals surface area (Å²) in [6, 6.07) is 9.18. The van der Waals surface area contributed by atoms with Crippen molar-refractivity contribution in [3.8, 4) is 0 Å². The maximum atomic E-state index is 12.1. The Morgan fingerprint density at radius 2 is 2.00 bits per heavy atom. The van der Waals surface area contributed by atoms with Gasteiger partial charge in [0.05, 0.1) is 6.54 Å². The molecule has 0 heterocycles. The van der Waals surface area contributed by atoms with Gasteiger partial charge < -0.3 is 10.2 Å². The molecule has 2 rings (SSSR count). The Bertz CT molecular complexity index is 423. The van der Waals surface area contributed by atoms with Crippen LogP contribution in [0.3, 0.4) is 0 Å². The average molecular weight is 260 g/mol. The first-order valence-corrected chi connectivity index (χ1v) is 7.21. The molecule has 0 unspecified atom stereocenters. The summed E-state index contributed by atoms with van der Waals surface area (Å²) in [5.41, 5.74) is 2.49. The van der Waals surface area contributed by atoms with Gasteiger partial charge in [0.2, 0.25) is 5.91 Å². The number of hydrogen-bond acceptors (Lipinski definition) is 2. The minimum atomic E-state index is 0.211. The molecule has 1 aliphatic carbocycles. The molecule has 1 fully saturated rings. The van der Waals surface area contributed by atoms with Gasteiger partial charge in [0.25, 0.3) is 0 Å². The zero-order valence-electron chi connectivity index (χ0n) is 12.1. The van der Waals surface area contributed by atoms with Crippen LogP contribution in [0.2, 0.25) is 0 Å². The van der Waals surface area contributed by atoms with Crippen molar-refractivity contribution in [3.63, 3.8) is 0 Å². The van der Waals surface area contributed by atoms with Crippen LogP contribution in [0, 0.1) is 6.92 Å². The van der Waals surface area contributed by atoms with Crippen molar-refractivity contribution in [2.45, 2.75) is 45.7 Å². The van der Waals surface area contributed by atoms with Gasteiger partial charge >= 0.3 is 0 Å². The highest BCUT2D eigenvalue weighted by Gasteiger charge is 2.31. The van der Waals surface area contributed by atoms with Crippen LogP contribution in [0.5, 0.6) is 0 Å². The Hall–Kier alpha value is -1.35. The molecular weight excluding hydrogens is 236 g/mol. The average Bonchev–Trinajstić information content (AvgIpc) is 3.22. The maximum Gasteiger partial charge on any atom is 0.236 e. The first-order valence-electron chi connectivity index (χ1n) is 7.21. The standard InChI is InChI=1S/C16H24N2O/c1-4-18(15-9-10-15)16(19)11-17-13(3)14-7-5-12(2)6-8-14/h5-8,13,15,17H,4,9-11H2,1-3H3/t13-/m0/s1. The minimum absolute atomic E-state index is 0.211. The number of nitrogens with one attached hydrogen (secondary N) is 1. The van der Waals surface area contributed by atoms with E-state index in [0.29, 0.717) is 12.6 Å². The fourth-order valence-electron chi connectivity index (χ4n) is 2.34. The number of likely N-dealkylation sites (N-methyl/N-ethyl adjacent to an activating group) is 1. The molecule has 3 heteroatoms. The van der Waals surface area contributed by atoms with Crippen molar-refractivity contribution < 1.29 is 4.79 Å². The summed E-state index contributed by atoms with van der Waals surface area (Å²) in [5.74, 6) is 0.226. The molecule has 19 heavy (non-hydrogen) atoms. The quantitative estimate of drug-likeness (QED) is 0.853. The second-order valence-corrected chi connectivity index (χ2v) is 5.42. The SMILES string of the molecule is CCN(C(=O)CN[C@@H](C)c1ccc(C)cc1)C1CC1. The predicted octanol–water partition coefficient (Wildman–Crippen LogP) is 2.66. The third kappa shape index (κ3) is 3.80. The van der Waals surface area contributed by atoms with Crippen LogP contribution in [0.1, 0.15) is 43.9 Å². The minimum Gasteiger partial charge on any atom is -0.339 e. The number of nitrogens with zero attached hydrogens (tertiary/aromatic N) is 1. The highest BCUT2D eigenvalue weighted by molar-refractivity contribution is 5.79. The van der Waals surface area contributed by atoms with E-state index in [1.165, 1.54) is 24.0 Å². The van der Waals surface area contributed by atoms with Gasteiger partial charge in [-0.25, -0.2) is 0 Å². The van der Waals surface area contributed by atoms with E-state index in [2.05, 4.69) is 50.4 Å². The van der Waals surface area contributed by atoms with Crippen molar-refractivity contribution in [3.05, 3.63) is 35.4 Å². The molecule has 0 saturated heterocycles. The Morgan fingerprint density at radius 3 is 2.53 bits per heavy atom.